The second-order valence-corrected chi connectivity index (χ2v) is 2.97. The van der Waals surface area contributed by atoms with E-state index in [0.717, 1.165) is 13.0 Å². The highest BCUT2D eigenvalue weighted by molar-refractivity contribution is 5.81. The molecule has 0 amide bonds. The molecule has 0 aromatic carbocycles. The van der Waals surface area contributed by atoms with E-state index in [2.05, 4.69) is 0 Å². The Labute approximate surface area is 73.0 Å². The quantitative estimate of drug-likeness (QED) is 0.594. The summed E-state index contributed by atoms with van der Waals surface area (Å²) in [7, 11) is 0. The van der Waals surface area contributed by atoms with Crippen LogP contribution in [0.2, 0.25) is 0 Å². The number of rotatable bonds is 4. The summed E-state index contributed by atoms with van der Waals surface area (Å²) in [5.74, 6) is 0.422. The fraction of sp³-hybridized carbons (Fsp3) is 0.889. The van der Waals surface area contributed by atoms with Crippen LogP contribution in [0.5, 0.6) is 0 Å². The Hall–Kier alpha value is -0.410. The summed E-state index contributed by atoms with van der Waals surface area (Å²) in [4.78, 5) is 11.3. The molecule has 3 heteroatoms. The van der Waals surface area contributed by atoms with E-state index in [1.54, 1.807) is 0 Å². The van der Waals surface area contributed by atoms with E-state index in [0.29, 0.717) is 32.0 Å². The average molecular weight is 172 g/mol. The van der Waals surface area contributed by atoms with Gasteiger partial charge < -0.3 is 9.47 Å². The molecule has 1 saturated heterocycles. The van der Waals surface area contributed by atoms with E-state index < -0.39 is 0 Å². The lowest BCUT2D eigenvalue weighted by Crippen LogP contribution is -2.28. The molecule has 1 heterocycles. The maximum Gasteiger partial charge on any atom is 0.140 e. The van der Waals surface area contributed by atoms with Gasteiger partial charge in [0, 0.05) is 25.6 Å². The van der Waals surface area contributed by atoms with Gasteiger partial charge in [-0.3, -0.25) is 4.79 Å². The molecular weight excluding hydrogens is 156 g/mol. The smallest absolute Gasteiger partial charge is 0.140 e. The molecule has 0 bridgehead atoms. The number of hydrogen-bond acceptors (Lipinski definition) is 3. The van der Waals surface area contributed by atoms with Crippen molar-refractivity contribution in [1.82, 2.24) is 0 Å². The minimum atomic E-state index is 0.0882. The fourth-order valence-corrected chi connectivity index (χ4v) is 1.31. The Balaban J connectivity index is 2.16. The molecular formula is C9H16O3. The van der Waals surface area contributed by atoms with E-state index in [1.807, 2.05) is 6.92 Å². The lowest BCUT2D eigenvalue weighted by atomic mass is 9.98. The van der Waals surface area contributed by atoms with E-state index in [-0.39, 0.29) is 5.92 Å². The lowest BCUT2D eigenvalue weighted by molar-refractivity contribution is -0.131. The van der Waals surface area contributed by atoms with Crippen LogP contribution >= 0.6 is 0 Å². The molecule has 70 valence electrons. The molecule has 0 aromatic rings. The molecule has 1 aliphatic heterocycles. The number of hydrogen-bond donors (Lipinski definition) is 0. The van der Waals surface area contributed by atoms with Crippen LogP contribution in [-0.4, -0.2) is 32.2 Å². The Kier molecular flexibility index (Phi) is 4.25. The zero-order chi connectivity index (χ0) is 8.81. The summed E-state index contributed by atoms with van der Waals surface area (Å²) in [5, 5.41) is 0. The molecule has 0 radical (unpaired) electrons. The van der Waals surface area contributed by atoms with Gasteiger partial charge in [-0.05, 0) is 13.3 Å². The van der Waals surface area contributed by atoms with Crippen molar-refractivity contribution in [2.45, 2.75) is 19.8 Å². The first-order valence-corrected chi connectivity index (χ1v) is 4.52. The van der Waals surface area contributed by atoms with Crippen molar-refractivity contribution in [3.8, 4) is 0 Å². The van der Waals surface area contributed by atoms with Crippen molar-refractivity contribution in [2.75, 3.05) is 26.4 Å². The van der Waals surface area contributed by atoms with E-state index >= 15 is 0 Å². The maximum atomic E-state index is 11.3. The van der Waals surface area contributed by atoms with Gasteiger partial charge in [0.05, 0.1) is 13.2 Å². The van der Waals surface area contributed by atoms with E-state index in [1.165, 1.54) is 0 Å². The molecule has 1 atom stereocenters. The van der Waals surface area contributed by atoms with Crippen molar-refractivity contribution in [2.24, 2.45) is 5.92 Å². The van der Waals surface area contributed by atoms with Gasteiger partial charge in [0.25, 0.3) is 0 Å². The van der Waals surface area contributed by atoms with Gasteiger partial charge >= 0.3 is 0 Å². The van der Waals surface area contributed by atoms with Gasteiger partial charge in [-0.25, -0.2) is 0 Å². The largest absolute Gasteiger partial charge is 0.382 e. The Morgan fingerprint density at radius 1 is 1.67 bits per heavy atom. The van der Waals surface area contributed by atoms with Crippen LogP contribution in [0.4, 0.5) is 0 Å². The van der Waals surface area contributed by atoms with Crippen molar-refractivity contribution < 1.29 is 14.3 Å². The number of carbonyl (C=O) groups excluding carboxylic acids is 1. The van der Waals surface area contributed by atoms with Crippen molar-refractivity contribution >= 4 is 5.78 Å². The number of carbonyl (C=O) groups is 1. The molecule has 0 N–H and O–H groups in total. The number of ketones is 1. The first-order valence-electron chi connectivity index (χ1n) is 4.52. The molecule has 1 fully saturated rings. The van der Waals surface area contributed by atoms with Crippen molar-refractivity contribution in [3.63, 3.8) is 0 Å². The topological polar surface area (TPSA) is 35.5 Å². The van der Waals surface area contributed by atoms with Crippen LogP contribution in [0, 0.1) is 5.92 Å². The molecule has 0 spiro atoms. The Morgan fingerprint density at radius 3 is 3.17 bits per heavy atom. The number of Topliss-reactive ketones (excluding diaryl/α,β-unsaturated/α-hetero) is 1. The minimum absolute atomic E-state index is 0.0882. The molecule has 0 aliphatic carbocycles. The molecule has 1 aliphatic rings. The highest BCUT2D eigenvalue weighted by atomic mass is 16.5. The maximum absolute atomic E-state index is 11.3. The predicted octanol–water partition coefficient (Wildman–Crippen LogP) is 1.02. The predicted molar refractivity (Wildman–Crippen MR) is 45.0 cm³/mol. The van der Waals surface area contributed by atoms with E-state index in [9.17, 15) is 4.79 Å². The second kappa shape index (κ2) is 5.27. The van der Waals surface area contributed by atoms with Crippen LogP contribution in [0.3, 0.4) is 0 Å². The summed E-state index contributed by atoms with van der Waals surface area (Å²) >= 11 is 0. The summed E-state index contributed by atoms with van der Waals surface area (Å²) in [6.07, 6.45) is 1.39. The summed E-state index contributed by atoms with van der Waals surface area (Å²) in [6, 6.07) is 0. The van der Waals surface area contributed by atoms with Gasteiger partial charge in [-0.2, -0.15) is 0 Å². The minimum Gasteiger partial charge on any atom is -0.382 e. The second-order valence-electron chi connectivity index (χ2n) is 2.97. The van der Waals surface area contributed by atoms with Gasteiger partial charge in [0.15, 0.2) is 0 Å². The third-order valence-electron chi connectivity index (χ3n) is 2.08. The van der Waals surface area contributed by atoms with Crippen molar-refractivity contribution in [1.29, 1.82) is 0 Å². The van der Waals surface area contributed by atoms with Crippen LogP contribution in [-0.2, 0) is 14.3 Å². The molecule has 1 unspecified atom stereocenters. The molecule has 3 nitrogen and oxygen atoms in total. The van der Waals surface area contributed by atoms with Gasteiger partial charge in [-0.1, -0.05) is 0 Å². The van der Waals surface area contributed by atoms with Gasteiger partial charge in [0.1, 0.15) is 5.78 Å². The molecule has 12 heavy (non-hydrogen) atoms. The van der Waals surface area contributed by atoms with Crippen LogP contribution in [0.15, 0.2) is 0 Å². The highest BCUT2D eigenvalue weighted by Crippen LogP contribution is 2.13. The summed E-state index contributed by atoms with van der Waals surface area (Å²) < 4.78 is 10.4. The van der Waals surface area contributed by atoms with Crippen molar-refractivity contribution in [3.05, 3.63) is 0 Å². The molecule has 0 aromatic heterocycles. The zero-order valence-corrected chi connectivity index (χ0v) is 7.54. The SMILES string of the molecule is CCOCCC1COCCC1=O. The first-order chi connectivity index (χ1) is 5.84. The summed E-state index contributed by atoms with van der Waals surface area (Å²) in [6.45, 7) is 4.55. The van der Waals surface area contributed by atoms with Crippen LogP contribution in [0.25, 0.3) is 0 Å². The molecule has 1 rings (SSSR count). The monoisotopic (exact) mass is 172 g/mol. The zero-order valence-electron chi connectivity index (χ0n) is 7.54. The average Bonchev–Trinajstić information content (AvgIpc) is 2.09. The summed E-state index contributed by atoms with van der Waals surface area (Å²) in [5.41, 5.74) is 0. The van der Waals surface area contributed by atoms with Crippen LogP contribution in [0.1, 0.15) is 19.8 Å². The lowest BCUT2D eigenvalue weighted by Gasteiger charge is -2.20. The molecule has 0 saturated carbocycles. The Morgan fingerprint density at radius 2 is 2.50 bits per heavy atom. The number of ether oxygens (including phenoxy) is 2. The van der Waals surface area contributed by atoms with Gasteiger partial charge in [-0.15, -0.1) is 0 Å². The Bertz CT molecular complexity index is 145. The van der Waals surface area contributed by atoms with Crippen LogP contribution < -0.4 is 0 Å². The van der Waals surface area contributed by atoms with Gasteiger partial charge in [0.2, 0.25) is 0 Å². The third-order valence-corrected chi connectivity index (χ3v) is 2.08. The fourth-order valence-electron chi connectivity index (χ4n) is 1.31. The highest BCUT2D eigenvalue weighted by Gasteiger charge is 2.21. The third kappa shape index (κ3) is 2.91. The standard InChI is InChI=1S/C9H16O3/c1-2-11-5-3-8-7-12-6-4-9(8)10/h8H,2-7H2,1H3. The van der Waals surface area contributed by atoms with E-state index in [4.69, 9.17) is 9.47 Å². The normalized spacial score (nSPS) is 24.4. The first kappa shape index (κ1) is 9.68.